The standard InChI is InChI=1S/C20H28N2O3/c1-19(2,3)25-18(24)22-8-6-13-10-15-16(11-14(13)7-9-22)21-17(23)12-20(15,4)5/h10-11H,6-9,12H2,1-5H3,(H,21,23). The SMILES string of the molecule is CC(C)(C)OC(=O)N1CCc2cc3c(cc2CC1)C(C)(C)CC(=O)N3. The molecule has 3 rings (SSSR count). The summed E-state index contributed by atoms with van der Waals surface area (Å²) >= 11 is 0. The monoisotopic (exact) mass is 344 g/mol. The molecule has 0 saturated heterocycles. The molecule has 2 heterocycles. The molecule has 0 fully saturated rings. The second-order valence-electron chi connectivity index (χ2n) is 8.74. The largest absolute Gasteiger partial charge is 0.444 e. The first kappa shape index (κ1) is 17.8. The lowest BCUT2D eigenvalue weighted by molar-refractivity contribution is -0.117. The van der Waals surface area contributed by atoms with E-state index in [1.165, 1.54) is 16.7 Å². The minimum atomic E-state index is -0.483. The molecule has 0 aliphatic carbocycles. The van der Waals surface area contributed by atoms with Crippen LogP contribution in [0.1, 0.15) is 57.7 Å². The second kappa shape index (κ2) is 6.04. The van der Waals surface area contributed by atoms with Crippen LogP contribution in [-0.4, -0.2) is 35.6 Å². The van der Waals surface area contributed by atoms with Crippen LogP contribution in [0.15, 0.2) is 12.1 Å². The molecule has 1 N–H and O–H groups in total. The Labute approximate surface area is 149 Å². The molecule has 0 aromatic heterocycles. The van der Waals surface area contributed by atoms with Gasteiger partial charge in [0.15, 0.2) is 0 Å². The van der Waals surface area contributed by atoms with Gasteiger partial charge in [-0.3, -0.25) is 4.79 Å². The van der Waals surface area contributed by atoms with E-state index in [0.29, 0.717) is 19.5 Å². The number of rotatable bonds is 0. The summed E-state index contributed by atoms with van der Waals surface area (Å²) in [5.74, 6) is 0.0708. The van der Waals surface area contributed by atoms with Crippen molar-refractivity contribution < 1.29 is 14.3 Å². The number of nitrogens with one attached hydrogen (secondary N) is 1. The highest BCUT2D eigenvalue weighted by atomic mass is 16.6. The second-order valence-corrected chi connectivity index (χ2v) is 8.74. The van der Waals surface area contributed by atoms with Gasteiger partial charge >= 0.3 is 6.09 Å². The van der Waals surface area contributed by atoms with E-state index in [1.807, 2.05) is 20.8 Å². The van der Waals surface area contributed by atoms with Crippen LogP contribution in [0.2, 0.25) is 0 Å². The minimum Gasteiger partial charge on any atom is -0.444 e. The van der Waals surface area contributed by atoms with Gasteiger partial charge in [0.1, 0.15) is 5.60 Å². The van der Waals surface area contributed by atoms with Crippen molar-refractivity contribution in [2.45, 2.75) is 64.9 Å². The highest BCUT2D eigenvalue weighted by Crippen LogP contribution is 2.39. The predicted molar refractivity (Wildman–Crippen MR) is 97.9 cm³/mol. The van der Waals surface area contributed by atoms with Gasteiger partial charge in [-0.2, -0.15) is 0 Å². The lowest BCUT2D eigenvalue weighted by Crippen LogP contribution is -2.38. The first-order chi connectivity index (χ1) is 11.5. The fourth-order valence-electron chi connectivity index (χ4n) is 3.64. The number of ether oxygens (including phenoxy) is 1. The van der Waals surface area contributed by atoms with Crippen LogP contribution in [0.4, 0.5) is 10.5 Å². The predicted octanol–water partition coefficient (Wildman–Crippen LogP) is 3.64. The van der Waals surface area contributed by atoms with Gasteiger partial charge in [0.25, 0.3) is 0 Å². The molecule has 25 heavy (non-hydrogen) atoms. The number of anilines is 1. The molecule has 2 amide bonds. The van der Waals surface area contributed by atoms with Gasteiger partial charge in [0.2, 0.25) is 5.91 Å². The van der Waals surface area contributed by atoms with E-state index < -0.39 is 5.60 Å². The summed E-state index contributed by atoms with van der Waals surface area (Å²) < 4.78 is 5.51. The van der Waals surface area contributed by atoms with E-state index in [2.05, 4.69) is 31.3 Å². The first-order valence-electron chi connectivity index (χ1n) is 8.99. The Morgan fingerprint density at radius 3 is 2.36 bits per heavy atom. The normalized spacial score (nSPS) is 19.4. The summed E-state index contributed by atoms with van der Waals surface area (Å²) in [5, 5.41) is 3.01. The summed E-state index contributed by atoms with van der Waals surface area (Å²) in [5.41, 5.74) is 3.95. The number of hydrogen-bond acceptors (Lipinski definition) is 3. The molecule has 0 unspecified atom stereocenters. The quantitative estimate of drug-likeness (QED) is 0.782. The third kappa shape index (κ3) is 3.80. The molecule has 2 aliphatic rings. The Hall–Kier alpha value is -2.04. The molecule has 0 saturated carbocycles. The van der Waals surface area contributed by atoms with E-state index in [9.17, 15) is 9.59 Å². The maximum atomic E-state index is 12.4. The van der Waals surface area contributed by atoms with Crippen molar-refractivity contribution in [3.05, 3.63) is 28.8 Å². The van der Waals surface area contributed by atoms with Gasteiger partial charge in [0, 0.05) is 30.6 Å². The first-order valence-corrected chi connectivity index (χ1v) is 8.99. The Morgan fingerprint density at radius 1 is 1.16 bits per heavy atom. The Kier molecular flexibility index (Phi) is 4.30. The van der Waals surface area contributed by atoms with Gasteiger partial charge in [-0.05, 0) is 56.4 Å². The van der Waals surface area contributed by atoms with E-state index in [1.54, 1.807) is 4.90 Å². The minimum absolute atomic E-state index is 0.0708. The lowest BCUT2D eigenvalue weighted by atomic mass is 9.76. The lowest BCUT2D eigenvalue weighted by Gasteiger charge is -2.33. The van der Waals surface area contributed by atoms with Crippen LogP contribution < -0.4 is 5.32 Å². The van der Waals surface area contributed by atoms with Crippen LogP contribution >= 0.6 is 0 Å². The molecule has 2 aliphatic heterocycles. The zero-order valence-corrected chi connectivity index (χ0v) is 15.9. The number of amides is 2. The third-order valence-electron chi connectivity index (χ3n) is 4.90. The van der Waals surface area contributed by atoms with Crippen LogP contribution in [0, 0.1) is 0 Å². The molecule has 1 aromatic rings. The van der Waals surface area contributed by atoms with Gasteiger partial charge < -0.3 is 15.0 Å². The number of benzene rings is 1. The summed E-state index contributed by atoms with van der Waals surface area (Å²) in [6.07, 6.45) is 1.84. The molecule has 5 nitrogen and oxygen atoms in total. The average molecular weight is 344 g/mol. The third-order valence-corrected chi connectivity index (χ3v) is 4.90. The zero-order valence-electron chi connectivity index (χ0n) is 15.9. The molecule has 5 heteroatoms. The summed E-state index contributed by atoms with van der Waals surface area (Å²) in [6.45, 7) is 11.2. The number of carbonyl (C=O) groups excluding carboxylic acids is 2. The fourth-order valence-corrected chi connectivity index (χ4v) is 3.64. The van der Waals surface area contributed by atoms with Crippen LogP contribution in [0.3, 0.4) is 0 Å². The molecule has 0 atom stereocenters. The van der Waals surface area contributed by atoms with Gasteiger partial charge in [-0.25, -0.2) is 4.79 Å². The van der Waals surface area contributed by atoms with Crippen LogP contribution in [-0.2, 0) is 27.8 Å². The summed E-state index contributed by atoms with van der Waals surface area (Å²) in [7, 11) is 0. The molecule has 0 bridgehead atoms. The van der Waals surface area contributed by atoms with Crippen molar-refractivity contribution in [1.29, 1.82) is 0 Å². The van der Waals surface area contributed by atoms with E-state index >= 15 is 0 Å². The Balaban J connectivity index is 1.83. The van der Waals surface area contributed by atoms with Gasteiger partial charge in [-0.1, -0.05) is 19.9 Å². The highest BCUT2D eigenvalue weighted by Gasteiger charge is 2.33. The zero-order chi connectivity index (χ0) is 18.4. The van der Waals surface area contributed by atoms with Crippen LogP contribution in [0.5, 0.6) is 0 Å². The van der Waals surface area contributed by atoms with Crippen molar-refractivity contribution >= 4 is 17.7 Å². The van der Waals surface area contributed by atoms with Gasteiger partial charge in [0.05, 0.1) is 0 Å². The van der Waals surface area contributed by atoms with Crippen molar-refractivity contribution in [3.8, 4) is 0 Å². The van der Waals surface area contributed by atoms with E-state index in [4.69, 9.17) is 4.74 Å². The fraction of sp³-hybridized carbons (Fsp3) is 0.600. The molecular formula is C20H28N2O3. The van der Waals surface area contributed by atoms with Gasteiger partial charge in [-0.15, -0.1) is 0 Å². The highest BCUT2D eigenvalue weighted by molar-refractivity contribution is 5.95. The van der Waals surface area contributed by atoms with Crippen LogP contribution in [0.25, 0.3) is 0 Å². The summed E-state index contributed by atoms with van der Waals surface area (Å²) in [6, 6.07) is 4.32. The number of carbonyl (C=O) groups is 2. The molecule has 1 aromatic carbocycles. The van der Waals surface area contributed by atoms with Crippen molar-refractivity contribution in [3.63, 3.8) is 0 Å². The van der Waals surface area contributed by atoms with E-state index in [-0.39, 0.29) is 17.4 Å². The average Bonchev–Trinajstić information content (AvgIpc) is 2.65. The number of nitrogens with zero attached hydrogens (tertiary/aromatic N) is 1. The topological polar surface area (TPSA) is 58.6 Å². The van der Waals surface area contributed by atoms with Crippen molar-refractivity contribution in [1.82, 2.24) is 4.90 Å². The smallest absolute Gasteiger partial charge is 0.410 e. The molecule has 0 radical (unpaired) electrons. The Morgan fingerprint density at radius 2 is 1.76 bits per heavy atom. The maximum absolute atomic E-state index is 12.4. The van der Waals surface area contributed by atoms with E-state index in [0.717, 1.165) is 18.5 Å². The Bertz CT molecular complexity index is 716. The van der Waals surface area contributed by atoms with Crippen molar-refractivity contribution in [2.75, 3.05) is 18.4 Å². The molecular weight excluding hydrogens is 316 g/mol. The maximum Gasteiger partial charge on any atom is 0.410 e. The molecule has 136 valence electrons. The number of hydrogen-bond donors (Lipinski definition) is 1. The number of fused-ring (bicyclic) bond motifs is 2. The van der Waals surface area contributed by atoms with Crippen molar-refractivity contribution in [2.24, 2.45) is 0 Å². The summed E-state index contributed by atoms with van der Waals surface area (Å²) in [4.78, 5) is 26.1. The molecule has 0 spiro atoms.